The van der Waals surface area contributed by atoms with Crippen LogP contribution in [0.3, 0.4) is 0 Å². The van der Waals surface area contributed by atoms with Crippen LogP contribution in [0.25, 0.3) is 0 Å². The Labute approximate surface area is 74.9 Å². The summed E-state index contributed by atoms with van der Waals surface area (Å²) in [6.07, 6.45) is 3.92. The van der Waals surface area contributed by atoms with E-state index in [-0.39, 0.29) is 5.92 Å². The van der Waals surface area contributed by atoms with E-state index in [2.05, 4.69) is 13.8 Å². The molecule has 0 aromatic rings. The average molecular weight is 166 g/mol. The highest BCUT2D eigenvalue weighted by atomic mass is 16.1. The van der Waals surface area contributed by atoms with Gasteiger partial charge < -0.3 is 0 Å². The fraction of sp³-hybridized carbons (Fsp3) is 0.727. The molecule has 68 valence electrons. The van der Waals surface area contributed by atoms with Crippen molar-refractivity contribution in [2.45, 2.75) is 46.5 Å². The first-order valence-corrected chi connectivity index (χ1v) is 4.91. The lowest BCUT2D eigenvalue weighted by molar-refractivity contribution is -0.122. The van der Waals surface area contributed by atoms with Crippen molar-refractivity contribution in [3.63, 3.8) is 0 Å². The molecular formula is C11H18O. The van der Waals surface area contributed by atoms with Crippen LogP contribution in [0.2, 0.25) is 0 Å². The molecule has 0 spiro atoms. The lowest BCUT2D eigenvalue weighted by Crippen LogP contribution is -2.18. The molecule has 1 heteroatoms. The molecule has 1 nitrogen and oxygen atoms in total. The van der Waals surface area contributed by atoms with Gasteiger partial charge in [0.05, 0.1) is 0 Å². The third kappa shape index (κ3) is 1.77. The highest BCUT2D eigenvalue weighted by molar-refractivity contribution is 5.84. The normalized spacial score (nSPS) is 24.9. The second kappa shape index (κ2) is 3.88. The van der Waals surface area contributed by atoms with E-state index < -0.39 is 0 Å². The number of hydrogen-bond donors (Lipinski definition) is 0. The molecule has 1 rings (SSSR count). The molecule has 0 saturated carbocycles. The Kier molecular flexibility index (Phi) is 3.07. The summed E-state index contributed by atoms with van der Waals surface area (Å²) in [5, 5.41) is 0. The van der Waals surface area contributed by atoms with Gasteiger partial charge in [0.25, 0.3) is 0 Å². The first kappa shape index (κ1) is 9.50. The quantitative estimate of drug-likeness (QED) is 0.576. The maximum atomic E-state index is 11.4. The Morgan fingerprint density at radius 3 is 2.33 bits per heavy atom. The Bertz CT molecular complexity index is 213. The summed E-state index contributed by atoms with van der Waals surface area (Å²) in [5.74, 6) is 0.708. The SMILES string of the molecule is CCC1=C(CC)CC(C)C(=O)C1. The van der Waals surface area contributed by atoms with Gasteiger partial charge in [0, 0.05) is 12.3 Å². The molecule has 0 heterocycles. The highest BCUT2D eigenvalue weighted by Gasteiger charge is 2.22. The lowest BCUT2D eigenvalue weighted by atomic mass is 9.82. The second-order valence-corrected chi connectivity index (χ2v) is 3.66. The zero-order chi connectivity index (χ0) is 9.14. The number of carbonyl (C=O) groups excluding carboxylic acids is 1. The van der Waals surface area contributed by atoms with Crippen molar-refractivity contribution in [1.29, 1.82) is 0 Å². The third-order valence-corrected chi connectivity index (χ3v) is 2.84. The first-order valence-electron chi connectivity index (χ1n) is 4.91. The lowest BCUT2D eigenvalue weighted by Gasteiger charge is -2.22. The molecule has 0 aromatic carbocycles. The van der Waals surface area contributed by atoms with Crippen LogP contribution >= 0.6 is 0 Å². The monoisotopic (exact) mass is 166 g/mol. The molecule has 0 radical (unpaired) electrons. The minimum Gasteiger partial charge on any atom is -0.299 e. The molecule has 0 N–H and O–H groups in total. The molecule has 0 fully saturated rings. The Morgan fingerprint density at radius 2 is 1.83 bits per heavy atom. The topological polar surface area (TPSA) is 17.1 Å². The molecule has 0 bridgehead atoms. The van der Waals surface area contributed by atoms with E-state index in [1.165, 1.54) is 11.1 Å². The minimum absolute atomic E-state index is 0.273. The molecule has 0 saturated heterocycles. The zero-order valence-electron chi connectivity index (χ0n) is 8.31. The van der Waals surface area contributed by atoms with Gasteiger partial charge in [-0.3, -0.25) is 4.79 Å². The second-order valence-electron chi connectivity index (χ2n) is 3.66. The summed E-state index contributed by atoms with van der Waals surface area (Å²) in [4.78, 5) is 11.4. The van der Waals surface area contributed by atoms with Gasteiger partial charge in [-0.25, -0.2) is 0 Å². The van der Waals surface area contributed by atoms with Gasteiger partial charge in [0.2, 0.25) is 0 Å². The molecule has 0 aromatic heterocycles. The smallest absolute Gasteiger partial charge is 0.140 e. The summed E-state index contributed by atoms with van der Waals surface area (Å²) < 4.78 is 0. The van der Waals surface area contributed by atoms with Crippen LogP contribution in [0, 0.1) is 5.92 Å². The van der Waals surface area contributed by atoms with E-state index in [0.29, 0.717) is 5.78 Å². The number of ketones is 1. The van der Waals surface area contributed by atoms with E-state index in [1.807, 2.05) is 6.92 Å². The largest absolute Gasteiger partial charge is 0.299 e. The van der Waals surface area contributed by atoms with Gasteiger partial charge in [-0.1, -0.05) is 31.9 Å². The molecule has 0 amide bonds. The number of allylic oxidation sites excluding steroid dienone is 2. The number of rotatable bonds is 2. The van der Waals surface area contributed by atoms with Crippen LogP contribution in [0.5, 0.6) is 0 Å². The molecule has 1 aliphatic carbocycles. The summed E-state index contributed by atoms with van der Waals surface area (Å²) >= 11 is 0. The molecule has 12 heavy (non-hydrogen) atoms. The summed E-state index contributed by atoms with van der Waals surface area (Å²) in [6, 6.07) is 0. The van der Waals surface area contributed by atoms with Crippen molar-refractivity contribution in [1.82, 2.24) is 0 Å². The summed E-state index contributed by atoms with van der Waals surface area (Å²) in [7, 11) is 0. The van der Waals surface area contributed by atoms with Gasteiger partial charge in [-0.15, -0.1) is 0 Å². The van der Waals surface area contributed by atoms with Crippen molar-refractivity contribution in [2.24, 2.45) is 5.92 Å². The van der Waals surface area contributed by atoms with Gasteiger partial charge in [-0.2, -0.15) is 0 Å². The van der Waals surface area contributed by atoms with E-state index >= 15 is 0 Å². The Morgan fingerprint density at radius 1 is 1.25 bits per heavy atom. The Balaban J connectivity index is 2.82. The van der Waals surface area contributed by atoms with E-state index in [4.69, 9.17) is 0 Å². The van der Waals surface area contributed by atoms with Crippen molar-refractivity contribution in [3.8, 4) is 0 Å². The van der Waals surface area contributed by atoms with Crippen LogP contribution in [0.4, 0.5) is 0 Å². The number of hydrogen-bond acceptors (Lipinski definition) is 1. The molecule has 1 aliphatic rings. The highest BCUT2D eigenvalue weighted by Crippen LogP contribution is 2.30. The number of Topliss-reactive ketones (excluding diaryl/α,β-unsaturated/α-hetero) is 1. The third-order valence-electron chi connectivity index (χ3n) is 2.84. The number of carbonyl (C=O) groups is 1. The fourth-order valence-electron chi connectivity index (χ4n) is 1.91. The molecule has 1 unspecified atom stereocenters. The maximum Gasteiger partial charge on any atom is 0.140 e. The zero-order valence-corrected chi connectivity index (χ0v) is 8.31. The van der Waals surface area contributed by atoms with Crippen LogP contribution in [-0.4, -0.2) is 5.78 Å². The predicted octanol–water partition coefficient (Wildman–Crippen LogP) is 3.10. The van der Waals surface area contributed by atoms with Crippen LogP contribution in [0.1, 0.15) is 46.5 Å². The molecular weight excluding hydrogens is 148 g/mol. The van der Waals surface area contributed by atoms with E-state index in [0.717, 1.165) is 25.7 Å². The van der Waals surface area contributed by atoms with E-state index in [1.54, 1.807) is 0 Å². The maximum absolute atomic E-state index is 11.4. The molecule has 1 atom stereocenters. The minimum atomic E-state index is 0.273. The first-order chi connectivity index (χ1) is 5.69. The van der Waals surface area contributed by atoms with E-state index in [9.17, 15) is 4.79 Å². The van der Waals surface area contributed by atoms with Gasteiger partial charge in [-0.05, 0) is 19.3 Å². The van der Waals surface area contributed by atoms with Gasteiger partial charge in [0.1, 0.15) is 5.78 Å². The summed E-state index contributed by atoms with van der Waals surface area (Å²) in [5.41, 5.74) is 2.94. The standard InChI is InChI=1S/C11H18O/c1-4-9-6-8(3)11(12)7-10(9)5-2/h8H,4-7H2,1-3H3. The van der Waals surface area contributed by atoms with Gasteiger partial charge >= 0.3 is 0 Å². The van der Waals surface area contributed by atoms with Crippen molar-refractivity contribution in [3.05, 3.63) is 11.1 Å². The van der Waals surface area contributed by atoms with Crippen LogP contribution in [0.15, 0.2) is 11.1 Å². The Hall–Kier alpha value is -0.590. The predicted molar refractivity (Wildman–Crippen MR) is 51.0 cm³/mol. The fourth-order valence-corrected chi connectivity index (χ4v) is 1.91. The average Bonchev–Trinajstić information content (AvgIpc) is 2.09. The van der Waals surface area contributed by atoms with Crippen LogP contribution in [-0.2, 0) is 4.79 Å². The molecule has 0 aliphatic heterocycles. The summed E-state index contributed by atoms with van der Waals surface area (Å²) in [6.45, 7) is 6.38. The van der Waals surface area contributed by atoms with Crippen LogP contribution < -0.4 is 0 Å². The van der Waals surface area contributed by atoms with Crippen molar-refractivity contribution in [2.75, 3.05) is 0 Å². The van der Waals surface area contributed by atoms with Crippen molar-refractivity contribution < 1.29 is 4.79 Å². The van der Waals surface area contributed by atoms with Crippen molar-refractivity contribution >= 4 is 5.78 Å². The van der Waals surface area contributed by atoms with Gasteiger partial charge in [0.15, 0.2) is 0 Å².